The normalized spacial score (nSPS) is 11.0. The minimum absolute atomic E-state index is 0.0188. The van der Waals surface area contributed by atoms with Gasteiger partial charge in [-0.2, -0.15) is 8.78 Å². The standard InChI is InChI=1S/C15H9ClF3N3O2/c16-9-2-4-12(11(17)5-9)23-7-10-3-1-8(6-20-10)14-21-22-15(24-14)13(18)19/h1-6,13H,7H2. The molecular formula is C15H9ClF3N3O2. The summed E-state index contributed by atoms with van der Waals surface area (Å²) in [5, 5.41) is 7.03. The van der Waals surface area contributed by atoms with Gasteiger partial charge in [-0.1, -0.05) is 11.6 Å². The van der Waals surface area contributed by atoms with Crippen molar-refractivity contribution in [3.8, 4) is 17.2 Å². The van der Waals surface area contributed by atoms with E-state index in [4.69, 9.17) is 20.8 Å². The Kier molecular flexibility index (Phi) is 4.66. The van der Waals surface area contributed by atoms with Gasteiger partial charge in [0.05, 0.1) is 11.3 Å². The van der Waals surface area contributed by atoms with Crippen molar-refractivity contribution in [3.63, 3.8) is 0 Å². The van der Waals surface area contributed by atoms with E-state index in [1.807, 2.05) is 0 Å². The van der Waals surface area contributed by atoms with E-state index in [2.05, 4.69) is 15.2 Å². The molecule has 0 saturated carbocycles. The fraction of sp³-hybridized carbons (Fsp3) is 0.133. The summed E-state index contributed by atoms with van der Waals surface area (Å²) < 4.78 is 48.5. The van der Waals surface area contributed by atoms with Crippen molar-refractivity contribution in [3.05, 3.63) is 59.0 Å². The Labute approximate surface area is 139 Å². The molecule has 0 aliphatic carbocycles. The molecule has 9 heteroatoms. The van der Waals surface area contributed by atoms with Crippen molar-refractivity contribution in [1.29, 1.82) is 0 Å². The molecule has 124 valence electrons. The van der Waals surface area contributed by atoms with Crippen LogP contribution in [0.1, 0.15) is 18.0 Å². The van der Waals surface area contributed by atoms with Crippen LogP contribution in [0.15, 0.2) is 40.9 Å². The van der Waals surface area contributed by atoms with Crippen LogP contribution < -0.4 is 4.74 Å². The van der Waals surface area contributed by atoms with Crippen LogP contribution in [0.2, 0.25) is 5.02 Å². The van der Waals surface area contributed by atoms with E-state index in [0.29, 0.717) is 11.3 Å². The third kappa shape index (κ3) is 3.65. The first-order chi connectivity index (χ1) is 11.5. The molecule has 3 rings (SSSR count). The van der Waals surface area contributed by atoms with Gasteiger partial charge in [0.15, 0.2) is 11.6 Å². The van der Waals surface area contributed by atoms with E-state index in [1.54, 1.807) is 12.1 Å². The lowest BCUT2D eigenvalue weighted by atomic mass is 10.2. The number of rotatable bonds is 5. The highest BCUT2D eigenvalue weighted by molar-refractivity contribution is 6.30. The van der Waals surface area contributed by atoms with Crippen LogP contribution in [0, 0.1) is 5.82 Å². The molecule has 0 fully saturated rings. The molecule has 0 bridgehead atoms. The number of halogens is 4. The molecule has 0 aliphatic heterocycles. The quantitative estimate of drug-likeness (QED) is 0.677. The number of ether oxygens (including phenoxy) is 1. The fourth-order valence-electron chi connectivity index (χ4n) is 1.82. The van der Waals surface area contributed by atoms with Crippen molar-refractivity contribution in [2.24, 2.45) is 0 Å². The summed E-state index contributed by atoms with van der Waals surface area (Å²) >= 11 is 5.66. The van der Waals surface area contributed by atoms with E-state index < -0.39 is 18.1 Å². The second-order valence-electron chi connectivity index (χ2n) is 4.65. The van der Waals surface area contributed by atoms with E-state index in [0.717, 1.165) is 6.07 Å². The molecule has 0 spiro atoms. The van der Waals surface area contributed by atoms with Gasteiger partial charge in [0.2, 0.25) is 5.89 Å². The third-order valence-electron chi connectivity index (χ3n) is 2.97. The first-order valence-corrected chi connectivity index (χ1v) is 7.05. The Morgan fingerprint density at radius 1 is 1.17 bits per heavy atom. The summed E-state index contributed by atoms with van der Waals surface area (Å²) in [6, 6.07) is 7.20. The minimum Gasteiger partial charge on any atom is -0.484 e. The molecule has 3 aromatic rings. The second-order valence-corrected chi connectivity index (χ2v) is 5.08. The summed E-state index contributed by atoms with van der Waals surface area (Å²) in [4.78, 5) is 4.08. The summed E-state index contributed by atoms with van der Waals surface area (Å²) in [6.45, 7) is 0.0188. The van der Waals surface area contributed by atoms with Crippen molar-refractivity contribution in [1.82, 2.24) is 15.2 Å². The number of aromatic nitrogens is 3. The van der Waals surface area contributed by atoms with E-state index >= 15 is 0 Å². The first kappa shape index (κ1) is 16.3. The number of nitrogens with zero attached hydrogens (tertiary/aromatic N) is 3. The SMILES string of the molecule is Fc1cc(Cl)ccc1OCc1ccc(-c2nnc(C(F)F)o2)cn1. The maximum Gasteiger partial charge on any atom is 0.314 e. The first-order valence-electron chi connectivity index (χ1n) is 6.67. The Balaban J connectivity index is 1.68. The average molecular weight is 356 g/mol. The number of alkyl halides is 2. The molecule has 0 aliphatic rings. The van der Waals surface area contributed by atoms with Gasteiger partial charge in [0, 0.05) is 11.2 Å². The molecule has 5 nitrogen and oxygen atoms in total. The van der Waals surface area contributed by atoms with Crippen LogP contribution in [-0.4, -0.2) is 15.2 Å². The van der Waals surface area contributed by atoms with Crippen LogP contribution in [-0.2, 0) is 6.61 Å². The molecule has 2 aromatic heterocycles. The Bertz CT molecular complexity index is 840. The van der Waals surface area contributed by atoms with Crippen molar-refractivity contribution >= 4 is 11.6 Å². The third-order valence-corrected chi connectivity index (χ3v) is 3.20. The molecule has 0 atom stereocenters. The summed E-state index contributed by atoms with van der Waals surface area (Å²) in [5.74, 6) is -1.35. The predicted octanol–water partition coefficient (Wildman–Crippen LogP) is 4.44. The molecule has 24 heavy (non-hydrogen) atoms. The van der Waals surface area contributed by atoms with Gasteiger partial charge >= 0.3 is 6.43 Å². The largest absolute Gasteiger partial charge is 0.484 e. The lowest BCUT2D eigenvalue weighted by Gasteiger charge is -2.07. The lowest BCUT2D eigenvalue weighted by Crippen LogP contribution is -1.99. The van der Waals surface area contributed by atoms with Gasteiger partial charge in [-0.05, 0) is 30.3 Å². The molecular weight excluding hydrogens is 347 g/mol. The van der Waals surface area contributed by atoms with Gasteiger partial charge in [-0.3, -0.25) is 4.98 Å². The molecule has 0 amide bonds. The fourth-order valence-corrected chi connectivity index (χ4v) is 1.98. The molecule has 0 radical (unpaired) electrons. The lowest BCUT2D eigenvalue weighted by molar-refractivity contribution is 0.116. The smallest absolute Gasteiger partial charge is 0.314 e. The Morgan fingerprint density at radius 2 is 2.00 bits per heavy atom. The average Bonchev–Trinajstić information content (AvgIpc) is 3.05. The molecule has 1 aromatic carbocycles. The van der Waals surface area contributed by atoms with Gasteiger partial charge in [0.1, 0.15) is 6.61 Å². The Morgan fingerprint density at radius 3 is 2.62 bits per heavy atom. The van der Waals surface area contributed by atoms with Gasteiger partial charge in [-0.15, -0.1) is 10.2 Å². The number of hydrogen-bond donors (Lipinski definition) is 0. The monoisotopic (exact) mass is 355 g/mol. The summed E-state index contributed by atoms with van der Waals surface area (Å²) in [5.41, 5.74) is 0.887. The van der Waals surface area contributed by atoms with Crippen molar-refractivity contribution in [2.45, 2.75) is 13.0 Å². The second kappa shape index (κ2) is 6.88. The van der Waals surface area contributed by atoms with Gasteiger partial charge in [-0.25, -0.2) is 4.39 Å². The maximum atomic E-state index is 13.6. The number of hydrogen-bond acceptors (Lipinski definition) is 5. The zero-order valence-corrected chi connectivity index (χ0v) is 12.7. The topological polar surface area (TPSA) is 61.0 Å². The zero-order chi connectivity index (χ0) is 17.1. The van der Waals surface area contributed by atoms with Gasteiger partial charge in [0.25, 0.3) is 5.89 Å². The highest BCUT2D eigenvalue weighted by atomic mass is 35.5. The van der Waals surface area contributed by atoms with E-state index in [1.165, 1.54) is 18.3 Å². The maximum absolute atomic E-state index is 13.6. The summed E-state index contributed by atoms with van der Waals surface area (Å²) in [6.07, 6.45) is -1.46. The number of benzene rings is 1. The van der Waals surface area contributed by atoms with Crippen molar-refractivity contribution in [2.75, 3.05) is 0 Å². The number of pyridine rings is 1. The molecule has 0 unspecified atom stereocenters. The van der Waals surface area contributed by atoms with Gasteiger partial charge < -0.3 is 9.15 Å². The highest BCUT2D eigenvalue weighted by Gasteiger charge is 2.17. The minimum atomic E-state index is -2.83. The van der Waals surface area contributed by atoms with E-state index in [-0.39, 0.29) is 23.3 Å². The zero-order valence-electron chi connectivity index (χ0n) is 11.9. The molecule has 0 N–H and O–H groups in total. The molecule has 2 heterocycles. The van der Waals surface area contributed by atoms with Crippen molar-refractivity contribution < 1.29 is 22.3 Å². The van der Waals surface area contributed by atoms with Crippen LogP contribution in [0.4, 0.5) is 13.2 Å². The summed E-state index contributed by atoms with van der Waals surface area (Å²) in [7, 11) is 0. The van der Waals surface area contributed by atoms with Crippen LogP contribution in [0.3, 0.4) is 0 Å². The highest BCUT2D eigenvalue weighted by Crippen LogP contribution is 2.24. The Hall–Kier alpha value is -2.61. The predicted molar refractivity (Wildman–Crippen MR) is 78.2 cm³/mol. The van der Waals surface area contributed by atoms with E-state index in [9.17, 15) is 13.2 Å². The molecule has 0 saturated heterocycles. The van der Waals surface area contributed by atoms with Crippen LogP contribution in [0.25, 0.3) is 11.5 Å². The van der Waals surface area contributed by atoms with Crippen LogP contribution >= 0.6 is 11.6 Å². The van der Waals surface area contributed by atoms with Crippen LogP contribution in [0.5, 0.6) is 5.75 Å².